The highest BCUT2D eigenvalue weighted by molar-refractivity contribution is 9.10. The molecule has 0 bridgehead atoms. The monoisotopic (exact) mass is 485 g/mol. The fraction of sp³-hybridized carbons (Fsp3) is 0.300. The number of halogens is 3. The molecule has 1 heterocycles. The van der Waals surface area contributed by atoms with Gasteiger partial charge in [-0.1, -0.05) is 53.5 Å². The van der Waals surface area contributed by atoms with Crippen molar-refractivity contribution in [3.63, 3.8) is 0 Å². The number of nitrogen functional groups attached to an aromatic ring is 1. The number of fused-ring (bicyclic) bond motifs is 1. The van der Waals surface area contributed by atoms with Crippen molar-refractivity contribution < 1.29 is 9.90 Å². The lowest BCUT2D eigenvalue weighted by molar-refractivity contribution is -0.137. The third-order valence-corrected chi connectivity index (χ3v) is 5.54. The van der Waals surface area contributed by atoms with E-state index in [1.807, 2.05) is 24.3 Å². The van der Waals surface area contributed by atoms with Gasteiger partial charge in [0, 0.05) is 4.47 Å². The molecular formula is C20H22BrCl2N3O2. The van der Waals surface area contributed by atoms with Gasteiger partial charge in [-0.25, -0.2) is 4.98 Å². The van der Waals surface area contributed by atoms with Crippen LogP contribution >= 0.6 is 39.1 Å². The normalized spacial score (nSPS) is 10.8. The number of hydrogen-bond donors (Lipinski definition) is 2. The minimum atomic E-state index is -0.916. The molecule has 0 aliphatic carbocycles. The zero-order chi connectivity index (χ0) is 20.8. The smallest absolute Gasteiger partial charge is 0.323 e. The van der Waals surface area contributed by atoms with Crippen LogP contribution in [-0.4, -0.2) is 20.6 Å². The molecule has 0 radical (unpaired) electrons. The molecule has 0 fully saturated rings. The molecule has 2 aromatic carbocycles. The first kappa shape index (κ1) is 22.5. The number of anilines is 1. The van der Waals surface area contributed by atoms with E-state index in [4.69, 9.17) is 34.0 Å². The second-order valence-electron chi connectivity index (χ2n) is 6.25. The summed E-state index contributed by atoms with van der Waals surface area (Å²) < 4.78 is 2.52. The molecule has 5 nitrogen and oxygen atoms in total. The number of nitrogens with zero attached hydrogens (tertiary/aromatic N) is 2. The van der Waals surface area contributed by atoms with Gasteiger partial charge in [0.05, 0.1) is 21.7 Å². The molecule has 0 saturated heterocycles. The first-order chi connectivity index (χ1) is 13.3. The molecule has 1 aromatic heterocycles. The maximum absolute atomic E-state index is 11.0. The summed E-state index contributed by atoms with van der Waals surface area (Å²) in [6, 6.07) is 11.2. The predicted molar refractivity (Wildman–Crippen MR) is 119 cm³/mol. The van der Waals surface area contributed by atoms with Crippen molar-refractivity contribution in [2.24, 2.45) is 0 Å². The van der Waals surface area contributed by atoms with E-state index in [2.05, 4.69) is 34.8 Å². The fourth-order valence-corrected chi connectivity index (χ4v) is 3.93. The van der Waals surface area contributed by atoms with Crippen molar-refractivity contribution in [2.45, 2.75) is 39.2 Å². The quantitative estimate of drug-likeness (QED) is 0.411. The Labute approximate surface area is 182 Å². The minimum absolute atomic E-state index is 0.160. The summed E-state index contributed by atoms with van der Waals surface area (Å²) in [6.45, 7) is 4.10. The van der Waals surface area contributed by atoms with Crippen LogP contribution in [0.25, 0.3) is 11.0 Å². The van der Waals surface area contributed by atoms with Crippen molar-refractivity contribution >= 4 is 61.8 Å². The first-order valence-corrected chi connectivity index (χ1v) is 10.4. The molecule has 3 rings (SSSR count). The molecule has 0 saturated carbocycles. The molecular weight excluding hydrogens is 465 g/mol. The van der Waals surface area contributed by atoms with Crippen LogP contribution < -0.4 is 5.73 Å². The number of aromatic nitrogens is 2. The number of imidazole rings is 1. The molecule has 3 N–H and O–H groups in total. The number of nitrogens with two attached hydrogens (primary N) is 1. The Morgan fingerprint density at radius 1 is 1.25 bits per heavy atom. The summed E-state index contributed by atoms with van der Waals surface area (Å²) in [5.41, 5.74) is 8.79. The van der Waals surface area contributed by atoms with E-state index < -0.39 is 5.97 Å². The molecule has 0 atom stereocenters. The van der Waals surface area contributed by atoms with E-state index in [9.17, 15) is 4.79 Å². The number of para-hydroxylation sites is 1. The molecule has 8 heteroatoms. The molecule has 3 aromatic rings. The summed E-state index contributed by atoms with van der Waals surface area (Å²) in [5, 5.41) is 9.83. The van der Waals surface area contributed by atoms with Gasteiger partial charge in [-0.05, 0) is 60.2 Å². The number of carboxylic acid groups (broad SMARTS) is 1. The summed E-state index contributed by atoms with van der Waals surface area (Å²) in [6.07, 6.45) is 2.01. The van der Waals surface area contributed by atoms with E-state index in [1.54, 1.807) is 16.7 Å². The average Bonchev–Trinajstić information content (AvgIpc) is 2.96. The van der Waals surface area contributed by atoms with Crippen molar-refractivity contribution in [1.29, 1.82) is 0 Å². The van der Waals surface area contributed by atoms with Gasteiger partial charge in [0.25, 0.3) is 0 Å². The van der Waals surface area contributed by atoms with Crippen molar-refractivity contribution in [3.05, 3.63) is 56.7 Å². The fourth-order valence-electron chi connectivity index (χ4n) is 3.02. The number of rotatable bonds is 5. The van der Waals surface area contributed by atoms with Crippen LogP contribution in [0.5, 0.6) is 0 Å². The second kappa shape index (κ2) is 10.1. The molecule has 0 aliphatic rings. The third kappa shape index (κ3) is 5.40. The topological polar surface area (TPSA) is 81.1 Å². The summed E-state index contributed by atoms with van der Waals surface area (Å²) in [7, 11) is 0. The third-order valence-electron chi connectivity index (χ3n) is 4.43. The predicted octanol–water partition coefficient (Wildman–Crippen LogP) is 6.36. The zero-order valence-corrected chi connectivity index (χ0v) is 18.7. The van der Waals surface area contributed by atoms with Crippen LogP contribution in [0.1, 0.15) is 38.2 Å². The highest BCUT2D eigenvalue weighted by Crippen LogP contribution is 2.31. The largest absolute Gasteiger partial charge is 0.480 e. The molecule has 0 unspecified atom stereocenters. The van der Waals surface area contributed by atoms with E-state index in [1.165, 1.54) is 0 Å². The van der Waals surface area contributed by atoms with Crippen LogP contribution in [0.4, 0.5) is 5.69 Å². The van der Waals surface area contributed by atoms with Crippen molar-refractivity contribution in [1.82, 2.24) is 9.55 Å². The summed E-state index contributed by atoms with van der Waals surface area (Å²) in [4.78, 5) is 15.2. The van der Waals surface area contributed by atoms with E-state index in [-0.39, 0.29) is 11.8 Å². The highest BCUT2D eigenvalue weighted by Gasteiger charge is 2.18. The van der Waals surface area contributed by atoms with E-state index in [0.29, 0.717) is 16.6 Å². The zero-order valence-electron chi connectivity index (χ0n) is 15.6. The molecule has 0 spiro atoms. The lowest BCUT2D eigenvalue weighted by atomic mass is 9.93. The number of carbonyl (C=O) groups is 1. The number of benzene rings is 2. The minimum Gasteiger partial charge on any atom is -0.480 e. The van der Waals surface area contributed by atoms with E-state index in [0.717, 1.165) is 33.9 Å². The van der Waals surface area contributed by atoms with Crippen LogP contribution in [0, 0.1) is 0 Å². The molecule has 0 amide bonds. The van der Waals surface area contributed by atoms with Gasteiger partial charge in [-0.2, -0.15) is 0 Å². The SMILES string of the molecule is CCC(CC)c1cccc2nc(Cl)n(CC(=O)O)c12.Nc1ccc(Br)cc1Cl. The Hall–Kier alpha value is -1.76. The van der Waals surface area contributed by atoms with Crippen molar-refractivity contribution in [2.75, 3.05) is 5.73 Å². The maximum Gasteiger partial charge on any atom is 0.323 e. The lowest BCUT2D eigenvalue weighted by Crippen LogP contribution is -2.10. The van der Waals surface area contributed by atoms with Gasteiger partial charge < -0.3 is 15.4 Å². The maximum atomic E-state index is 11.0. The van der Waals surface area contributed by atoms with Crippen LogP contribution in [0.15, 0.2) is 40.9 Å². The Kier molecular flexibility index (Phi) is 8.16. The van der Waals surface area contributed by atoms with E-state index >= 15 is 0 Å². The standard InChI is InChI=1S/C14H17ClN2O2.C6H5BrClN/c1-3-9(4-2)10-6-5-7-11-13(10)17(8-12(18)19)14(15)16-11;7-4-1-2-6(9)5(8)3-4/h5-7,9H,3-4,8H2,1-2H3,(H,18,19);1-3H,9H2. The molecule has 0 aliphatic heterocycles. The van der Waals surface area contributed by atoms with Gasteiger partial charge in [0.2, 0.25) is 5.28 Å². The van der Waals surface area contributed by atoms with Gasteiger partial charge in [0.15, 0.2) is 0 Å². The van der Waals surface area contributed by atoms with Crippen LogP contribution in [0.2, 0.25) is 10.3 Å². The second-order valence-corrected chi connectivity index (χ2v) is 7.92. The Morgan fingerprint density at radius 2 is 1.93 bits per heavy atom. The Balaban J connectivity index is 0.000000261. The Morgan fingerprint density at radius 3 is 2.46 bits per heavy atom. The van der Waals surface area contributed by atoms with Crippen molar-refractivity contribution in [3.8, 4) is 0 Å². The highest BCUT2D eigenvalue weighted by atomic mass is 79.9. The number of aliphatic carboxylic acids is 1. The average molecular weight is 487 g/mol. The Bertz CT molecular complexity index is 971. The van der Waals surface area contributed by atoms with Gasteiger partial charge in [-0.15, -0.1) is 0 Å². The lowest BCUT2D eigenvalue weighted by Gasteiger charge is -2.15. The first-order valence-electron chi connectivity index (χ1n) is 8.85. The van der Waals surface area contributed by atoms with Crippen LogP contribution in [-0.2, 0) is 11.3 Å². The number of hydrogen-bond acceptors (Lipinski definition) is 3. The van der Waals surface area contributed by atoms with Crippen LogP contribution in [0.3, 0.4) is 0 Å². The summed E-state index contributed by atoms with van der Waals surface area (Å²) in [5.74, 6) is -0.524. The number of carboxylic acids is 1. The summed E-state index contributed by atoms with van der Waals surface area (Å²) >= 11 is 15.0. The van der Waals surface area contributed by atoms with Gasteiger partial charge >= 0.3 is 5.97 Å². The molecule has 150 valence electrons. The molecule has 28 heavy (non-hydrogen) atoms. The van der Waals surface area contributed by atoms with Gasteiger partial charge in [0.1, 0.15) is 6.54 Å². The van der Waals surface area contributed by atoms with Gasteiger partial charge in [-0.3, -0.25) is 4.79 Å².